The summed E-state index contributed by atoms with van der Waals surface area (Å²) in [7, 11) is 3.99. The summed E-state index contributed by atoms with van der Waals surface area (Å²) < 4.78 is 0. The Kier molecular flexibility index (Phi) is 5.07. The molecule has 4 bridgehead atoms. The first-order valence-electron chi connectivity index (χ1n) is 10.3. The fourth-order valence-electron chi connectivity index (χ4n) is 5.94. The van der Waals surface area contributed by atoms with Crippen LogP contribution in [-0.4, -0.2) is 37.3 Å². The minimum Gasteiger partial charge on any atom is -0.378 e. The fourth-order valence-corrected chi connectivity index (χ4v) is 6.63. The first kappa shape index (κ1) is 19.6. The fraction of sp³-hybridized carbons (Fsp3) is 0.636. The van der Waals surface area contributed by atoms with E-state index in [2.05, 4.69) is 10.6 Å². The van der Waals surface area contributed by atoms with Gasteiger partial charge in [-0.1, -0.05) is 12.1 Å². The summed E-state index contributed by atoms with van der Waals surface area (Å²) in [5.41, 5.74) is 1.80. The molecule has 28 heavy (non-hydrogen) atoms. The summed E-state index contributed by atoms with van der Waals surface area (Å²) in [6.45, 7) is 0.490. The van der Waals surface area contributed by atoms with Crippen molar-refractivity contribution in [1.82, 2.24) is 10.6 Å². The van der Waals surface area contributed by atoms with Crippen LogP contribution in [0.25, 0.3) is 0 Å². The Morgan fingerprint density at radius 1 is 1.07 bits per heavy atom. The van der Waals surface area contributed by atoms with Crippen LogP contribution in [0, 0.1) is 17.3 Å². The van der Waals surface area contributed by atoms with E-state index in [0.717, 1.165) is 43.4 Å². The minimum atomic E-state index is -0.353. The van der Waals surface area contributed by atoms with Crippen molar-refractivity contribution in [3.8, 4) is 0 Å². The maximum atomic E-state index is 13.0. The molecule has 0 aliphatic heterocycles. The number of alkyl halides is 1. The molecule has 5 rings (SSSR count). The number of amides is 2. The highest BCUT2D eigenvalue weighted by Gasteiger charge is 2.60. The Morgan fingerprint density at radius 3 is 2.29 bits per heavy atom. The normalized spacial score (nSPS) is 32.8. The zero-order chi connectivity index (χ0) is 19.9. The van der Waals surface area contributed by atoms with Gasteiger partial charge in [0.15, 0.2) is 0 Å². The molecule has 4 aliphatic rings. The van der Waals surface area contributed by atoms with E-state index in [4.69, 9.17) is 11.6 Å². The highest BCUT2D eigenvalue weighted by Crippen LogP contribution is 2.63. The quantitative estimate of drug-likeness (QED) is 0.717. The summed E-state index contributed by atoms with van der Waals surface area (Å²) in [6.07, 6.45) is 5.95. The third-order valence-electron chi connectivity index (χ3n) is 6.82. The number of nitrogens with zero attached hydrogens (tertiary/aromatic N) is 1. The van der Waals surface area contributed by atoms with Crippen molar-refractivity contribution >= 4 is 29.1 Å². The molecule has 4 fully saturated rings. The number of nitrogens with one attached hydrogen (secondary N) is 2. The van der Waals surface area contributed by atoms with Crippen molar-refractivity contribution in [3.05, 3.63) is 29.8 Å². The molecule has 6 heteroatoms. The second kappa shape index (κ2) is 7.25. The van der Waals surface area contributed by atoms with Crippen LogP contribution in [0.5, 0.6) is 0 Å². The largest absolute Gasteiger partial charge is 0.378 e. The number of benzene rings is 1. The van der Waals surface area contributed by atoms with Crippen LogP contribution in [0.2, 0.25) is 0 Å². The van der Waals surface area contributed by atoms with Gasteiger partial charge in [-0.25, -0.2) is 0 Å². The van der Waals surface area contributed by atoms with Crippen molar-refractivity contribution in [2.75, 3.05) is 25.5 Å². The zero-order valence-electron chi connectivity index (χ0n) is 16.8. The maximum absolute atomic E-state index is 13.0. The van der Waals surface area contributed by atoms with E-state index in [-0.39, 0.29) is 28.6 Å². The van der Waals surface area contributed by atoms with Gasteiger partial charge < -0.3 is 15.5 Å². The van der Waals surface area contributed by atoms with E-state index in [0.29, 0.717) is 18.4 Å². The van der Waals surface area contributed by atoms with Gasteiger partial charge >= 0.3 is 0 Å². The number of carbonyl (C=O) groups excluding carboxylic acids is 2. The molecule has 1 aromatic carbocycles. The molecule has 2 unspecified atom stereocenters. The number of carbonyl (C=O) groups is 2. The van der Waals surface area contributed by atoms with Crippen molar-refractivity contribution < 1.29 is 9.59 Å². The molecular weight excluding hydrogens is 374 g/mol. The molecule has 4 aliphatic carbocycles. The monoisotopic (exact) mass is 403 g/mol. The third kappa shape index (κ3) is 3.86. The standard InChI is InChI=1S/C22H30ClN3O2/c1-26(2)18-5-3-15(4-6-18)12-24-19(27)13-25-20(28)21-8-16-7-17(9-21)11-22(23,10-16)14-21/h3-6,16-17H,7-14H2,1-2H3,(H,24,27)(H,25,28)/t16-,17+,21?,22?. The van der Waals surface area contributed by atoms with Crippen molar-refractivity contribution in [2.45, 2.75) is 49.9 Å². The summed E-state index contributed by atoms with van der Waals surface area (Å²) in [4.78, 5) is 27.0. The molecular formula is C22H30ClN3O2. The average molecular weight is 404 g/mol. The molecule has 0 heterocycles. The van der Waals surface area contributed by atoms with Crippen LogP contribution >= 0.6 is 11.6 Å². The molecule has 0 radical (unpaired) electrons. The SMILES string of the molecule is CN(C)c1ccc(CNC(=O)CNC(=O)C23C[C@@H]4C[C@@H](CC(Cl)(C4)C2)C3)cc1. The van der Waals surface area contributed by atoms with Crippen LogP contribution in [0.15, 0.2) is 24.3 Å². The van der Waals surface area contributed by atoms with Gasteiger partial charge in [-0.05, 0) is 68.1 Å². The molecule has 0 saturated heterocycles. The van der Waals surface area contributed by atoms with Gasteiger partial charge in [-0.15, -0.1) is 11.6 Å². The first-order chi connectivity index (χ1) is 13.3. The second-order valence-corrected chi connectivity index (χ2v) is 10.2. The molecule has 152 valence electrons. The zero-order valence-corrected chi connectivity index (χ0v) is 17.5. The van der Waals surface area contributed by atoms with Crippen molar-refractivity contribution in [1.29, 1.82) is 0 Å². The molecule has 2 N–H and O–H groups in total. The highest BCUT2D eigenvalue weighted by atomic mass is 35.5. The number of anilines is 1. The van der Waals surface area contributed by atoms with Crippen molar-refractivity contribution in [2.24, 2.45) is 17.3 Å². The lowest BCUT2D eigenvalue weighted by atomic mass is 9.49. The summed E-state index contributed by atoms with van der Waals surface area (Å²) in [6, 6.07) is 8.06. The van der Waals surface area contributed by atoms with E-state index in [1.807, 2.05) is 43.3 Å². The lowest BCUT2D eigenvalue weighted by Crippen LogP contribution is -2.59. The molecule has 4 atom stereocenters. The second-order valence-electron chi connectivity index (χ2n) is 9.41. The van der Waals surface area contributed by atoms with Gasteiger partial charge in [0.05, 0.1) is 12.0 Å². The Morgan fingerprint density at radius 2 is 1.71 bits per heavy atom. The van der Waals surface area contributed by atoms with E-state index < -0.39 is 0 Å². The molecule has 0 spiro atoms. The summed E-state index contributed by atoms with van der Waals surface area (Å²) >= 11 is 6.81. The Labute approximate surface area is 172 Å². The summed E-state index contributed by atoms with van der Waals surface area (Å²) in [5, 5.41) is 5.79. The number of rotatable bonds is 6. The van der Waals surface area contributed by atoms with E-state index in [9.17, 15) is 9.59 Å². The maximum Gasteiger partial charge on any atom is 0.239 e. The number of hydrogen-bond acceptors (Lipinski definition) is 3. The third-order valence-corrected chi connectivity index (χ3v) is 7.27. The van der Waals surface area contributed by atoms with Gasteiger partial charge in [0.2, 0.25) is 11.8 Å². The van der Waals surface area contributed by atoms with Gasteiger partial charge in [-0.2, -0.15) is 0 Å². The van der Waals surface area contributed by atoms with Crippen LogP contribution in [-0.2, 0) is 16.1 Å². The number of halogens is 1. The van der Waals surface area contributed by atoms with Crippen LogP contribution in [0.4, 0.5) is 5.69 Å². The van der Waals surface area contributed by atoms with Crippen LogP contribution in [0.1, 0.15) is 44.1 Å². The molecule has 1 aromatic rings. The molecule has 5 nitrogen and oxygen atoms in total. The van der Waals surface area contributed by atoms with Crippen molar-refractivity contribution in [3.63, 3.8) is 0 Å². The molecule has 0 aromatic heterocycles. The topological polar surface area (TPSA) is 61.4 Å². The predicted molar refractivity (Wildman–Crippen MR) is 111 cm³/mol. The predicted octanol–water partition coefficient (Wildman–Crippen LogP) is 3.06. The Bertz CT molecular complexity index is 748. The Balaban J connectivity index is 1.27. The van der Waals surface area contributed by atoms with Gasteiger partial charge in [0.25, 0.3) is 0 Å². The van der Waals surface area contributed by atoms with E-state index in [1.165, 1.54) is 6.42 Å². The van der Waals surface area contributed by atoms with Gasteiger partial charge in [0, 0.05) is 31.2 Å². The van der Waals surface area contributed by atoms with E-state index >= 15 is 0 Å². The molecule has 4 saturated carbocycles. The highest BCUT2D eigenvalue weighted by molar-refractivity contribution is 6.24. The van der Waals surface area contributed by atoms with Gasteiger partial charge in [0.1, 0.15) is 0 Å². The first-order valence-corrected chi connectivity index (χ1v) is 10.6. The number of hydrogen-bond donors (Lipinski definition) is 2. The van der Waals surface area contributed by atoms with Gasteiger partial charge in [-0.3, -0.25) is 9.59 Å². The lowest BCUT2D eigenvalue weighted by Gasteiger charge is -2.59. The van der Waals surface area contributed by atoms with Crippen LogP contribution in [0.3, 0.4) is 0 Å². The Hall–Kier alpha value is -1.75. The minimum absolute atomic E-state index is 0.0251. The summed E-state index contributed by atoms with van der Waals surface area (Å²) in [5.74, 6) is 1.01. The smallest absolute Gasteiger partial charge is 0.239 e. The lowest BCUT2D eigenvalue weighted by molar-refractivity contribution is -0.145. The molecule has 2 amide bonds. The van der Waals surface area contributed by atoms with Crippen LogP contribution < -0.4 is 15.5 Å². The average Bonchev–Trinajstić information content (AvgIpc) is 2.62. The van der Waals surface area contributed by atoms with E-state index in [1.54, 1.807) is 0 Å².